The first-order valence-electron chi connectivity index (χ1n) is 9.26. The number of nitrogens with zero attached hydrogens (tertiary/aromatic N) is 2. The van der Waals surface area contributed by atoms with Crippen molar-refractivity contribution >= 4 is 10.8 Å². The lowest BCUT2D eigenvalue weighted by atomic mass is 9.99. The molecule has 3 aromatic carbocycles. The molecule has 1 N–H and O–H groups in total. The summed E-state index contributed by atoms with van der Waals surface area (Å²) >= 11 is 0. The number of benzene rings is 3. The fourth-order valence-corrected chi connectivity index (χ4v) is 3.47. The van der Waals surface area contributed by atoms with Gasteiger partial charge in [-0.3, -0.25) is 5.32 Å². The summed E-state index contributed by atoms with van der Waals surface area (Å²) in [6.07, 6.45) is 0. The van der Waals surface area contributed by atoms with Crippen LogP contribution in [0, 0.1) is 6.92 Å². The van der Waals surface area contributed by atoms with E-state index in [0.717, 1.165) is 5.56 Å². The third kappa shape index (κ3) is 3.62. The van der Waals surface area contributed by atoms with Crippen LogP contribution in [0.5, 0.6) is 0 Å². The minimum Gasteiger partial charge on any atom is -0.419 e. The minimum atomic E-state index is -0.0509. The van der Waals surface area contributed by atoms with Crippen LogP contribution in [-0.4, -0.2) is 10.2 Å². The molecule has 0 radical (unpaired) electrons. The van der Waals surface area contributed by atoms with Crippen LogP contribution in [0.25, 0.3) is 22.2 Å². The predicted octanol–water partition coefficient (Wildman–Crippen LogP) is 5.61. The zero-order chi connectivity index (χ0) is 18.8. The third-order valence-electron chi connectivity index (χ3n) is 4.87. The van der Waals surface area contributed by atoms with Crippen molar-refractivity contribution in [3.63, 3.8) is 0 Å². The molecule has 2 atom stereocenters. The van der Waals surface area contributed by atoms with Gasteiger partial charge < -0.3 is 4.42 Å². The number of rotatable bonds is 5. The van der Waals surface area contributed by atoms with E-state index in [4.69, 9.17) is 4.42 Å². The lowest BCUT2D eigenvalue weighted by Crippen LogP contribution is -2.23. The van der Waals surface area contributed by atoms with Gasteiger partial charge in [-0.05, 0) is 49.2 Å². The molecule has 1 heterocycles. The number of aromatic nitrogens is 2. The second-order valence-electron chi connectivity index (χ2n) is 6.99. The molecule has 0 amide bonds. The van der Waals surface area contributed by atoms with Gasteiger partial charge in [0.1, 0.15) is 0 Å². The zero-order valence-corrected chi connectivity index (χ0v) is 15.8. The summed E-state index contributed by atoms with van der Waals surface area (Å²) in [4.78, 5) is 0. The Balaban J connectivity index is 1.54. The van der Waals surface area contributed by atoms with Crippen LogP contribution in [-0.2, 0) is 0 Å². The van der Waals surface area contributed by atoms with E-state index in [9.17, 15) is 0 Å². The Morgan fingerprint density at radius 2 is 1.63 bits per heavy atom. The Morgan fingerprint density at radius 1 is 0.852 bits per heavy atom. The summed E-state index contributed by atoms with van der Waals surface area (Å²) in [5.41, 5.74) is 3.38. The molecule has 0 aliphatic rings. The zero-order valence-electron chi connectivity index (χ0n) is 15.8. The minimum absolute atomic E-state index is 0.0509. The highest BCUT2D eigenvalue weighted by atomic mass is 16.4. The van der Waals surface area contributed by atoms with Crippen molar-refractivity contribution in [2.75, 3.05) is 0 Å². The molecule has 0 bridgehead atoms. The van der Waals surface area contributed by atoms with Crippen molar-refractivity contribution in [3.05, 3.63) is 83.7 Å². The van der Waals surface area contributed by atoms with E-state index in [1.54, 1.807) is 0 Å². The average Bonchev–Trinajstić information content (AvgIpc) is 3.18. The highest BCUT2D eigenvalue weighted by Gasteiger charge is 2.18. The highest BCUT2D eigenvalue weighted by Crippen LogP contribution is 2.27. The Labute approximate surface area is 159 Å². The Morgan fingerprint density at radius 3 is 2.48 bits per heavy atom. The first kappa shape index (κ1) is 17.4. The van der Waals surface area contributed by atoms with Crippen molar-refractivity contribution in [1.82, 2.24) is 15.5 Å². The first-order chi connectivity index (χ1) is 13.1. The molecule has 4 rings (SSSR count). The van der Waals surface area contributed by atoms with Crippen LogP contribution >= 0.6 is 0 Å². The molecule has 27 heavy (non-hydrogen) atoms. The number of fused-ring (bicyclic) bond motifs is 1. The second-order valence-corrected chi connectivity index (χ2v) is 6.99. The van der Waals surface area contributed by atoms with E-state index in [0.29, 0.717) is 11.8 Å². The fourth-order valence-electron chi connectivity index (χ4n) is 3.47. The monoisotopic (exact) mass is 357 g/mol. The summed E-state index contributed by atoms with van der Waals surface area (Å²) in [6.45, 7) is 6.27. The van der Waals surface area contributed by atoms with Crippen LogP contribution in [0.2, 0.25) is 0 Å². The second kappa shape index (κ2) is 7.33. The molecule has 2 unspecified atom stereocenters. The maximum atomic E-state index is 5.93. The normalized spacial score (nSPS) is 13.6. The number of hydrogen-bond donors (Lipinski definition) is 1. The number of hydrogen-bond acceptors (Lipinski definition) is 4. The summed E-state index contributed by atoms with van der Waals surface area (Å²) in [5.74, 6) is 1.15. The SMILES string of the molecule is Cc1cccc(-c2nnc(C(C)NC(C)c3cccc4ccccc34)o2)c1. The molecular weight excluding hydrogens is 334 g/mol. The molecule has 0 spiro atoms. The van der Waals surface area contributed by atoms with Crippen LogP contribution in [0.1, 0.15) is 42.9 Å². The van der Waals surface area contributed by atoms with E-state index < -0.39 is 0 Å². The van der Waals surface area contributed by atoms with Crippen LogP contribution < -0.4 is 5.32 Å². The highest BCUT2D eigenvalue weighted by molar-refractivity contribution is 5.86. The van der Waals surface area contributed by atoms with Crippen LogP contribution in [0.3, 0.4) is 0 Å². The van der Waals surface area contributed by atoms with E-state index in [1.807, 2.05) is 18.2 Å². The Hall–Kier alpha value is -2.98. The third-order valence-corrected chi connectivity index (χ3v) is 4.87. The van der Waals surface area contributed by atoms with E-state index in [-0.39, 0.29) is 12.1 Å². The van der Waals surface area contributed by atoms with E-state index in [2.05, 4.69) is 84.8 Å². The average molecular weight is 357 g/mol. The summed E-state index contributed by atoms with van der Waals surface area (Å²) in [6, 6.07) is 23.0. The maximum Gasteiger partial charge on any atom is 0.247 e. The van der Waals surface area contributed by atoms with Gasteiger partial charge in [0.05, 0.1) is 6.04 Å². The standard InChI is InChI=1S/C23H23N3O/c1-15-8-6-11-19(14-15)23-26-25-22(27-23)17(3)24-16(2)20-13-7-10-18-9-4-5-12-21(18)20/h4-14,16-17,24H,1-3H3. The van der Waals surface area contributed by atoms with Gasteiger partial charge in [-0.1, -0.05) is 60.2 Å². The van der Waals surface area contributed by atoms with Gasteiger partial charge in [0.15, 0.2) is 0 Å². The summed E-state index contributed by atoms with van der Waals surface area (Å²) in [7, 11) is 0. The lowest BCUT2D eigenvalue weighted by molar-refractivity contribution is 0.395. The van der Waals surface area contributed by atoms with Gasteiger partial charge in [-0.15, -0.1) is 10.2 Å². The van der Waals surface area contributed by atoms with E-state index in [1.165, 1.54) is 21.9 Å². The molecule has 0 aliphatic carbocycles. The van der Waals surface area contributed by atoms with Gasteiger partial charge in [-0.25, -0.2) is 0 Å². The molecule has 136 valence electrons. The largest absolute Gasteiger partial charge is 0.419 e. The Kier molecular flexibility index (Phi) is 4.73. The quantitative estimate of drug-likeness (QED) is 0.504. The molecule has 4 aromatic rings. The fraction of sp³-hybridized carbons (Fsp3) is 0.217. The predicted molar refractivity (Wildman–Crippen MR) is 108 cm³/mol. The van der Waals surface area contributed by atoms with Crippen molar-refractivity contribution in [2.24, 2.45) is 0 Å². The van der Waals surface area contributed by atoms with Gasteiger partial charge in [-0.2, -0.15) is 0 Å². The van der Waals surface area contributed by atoms with Gasteiger partial charge in [0.25, 0.3) is 0 Å². The number of nitrogens with one attached hydrogen (secondary N) is 1. The summed E-state index contributed by atoms with van der Waals surface area (Å²) < 4.78 is 5.93. The molecule has 4 nitrogen and oxygen atoms in total. The molecule has 4 heteroatoms. The molecule has 0 saturated carbocycles. The molecule has 0 aliphatic heterocycles. The summed E-state index contributed by atoms with van der Waals surface area (Å²) in [5, 5.41) is 14.6. The molecular formula is C23H23N3O. The van der Waals surface area contributed by atoms with Gasteiger partial charge in [0.2, 0.25) is 11.8 Å². The van der Waals surface area contributed by atoms with Crippen LogP contribution in [0.4, 0.5) is 0 Å². The first-order valence-corrected chi connectivity index (χ1v) is 9.26. The van der Waals surface area contributed by atoms with Crippen molar-refractivity contribution in [3.8, 4) is 11.5 Å². The van der Waals surface area contributed by atoms with Gasteiger partial charge >= 0.3 is 0 Å². The van der Waals surface area contributed by atoms with Crippen LogP contribution in [0.15, 0.2) is 71.1 Å². The maximum absolute atomic E-state index is 5.93. The van der Waals surface area contributed by atoms with Crippen molar-refractivity contribution in [1.29, 1.82) is 0 Å². The lowest BCUT2D eigenvalue weighted by Gasteiger charge is -2.19. The topological polar surface area (TPSA) is 51.0 Å². The smallest absolute Gasteiger partial charge is 0.247 e. The van der Waals surface area contributed by atoms with Crippen molar-refractivity contribution < 1.29 is 4.42 Å². The van der Waals surface area contributed by atoms with Crippen molar-refractivity contribution in [2.45, 2.75) is 32.9 Å². The Bertz CT molecular complexity index is 1060. The molecule has 0 fully saturated rings. The molecule has 0 saturated heterocycles. The van der Waals surface area contributed by atoms with E-state index >= 15 is 0 Å². The van der Waals surface area contributed by atoms with Gasteiger partial charge in [0, 0.05) is 11.6 Å². The number of aryl methyl sites for hydroxylation is 1. The molecule has 1 aromatic heterocycles.